The van der Waals surface area contributed by atoms with Crippen LogP contribution in [0.4, 0.5) is 0 Å². The highest BCUT2D eigenvalue weighted by Gasteiger charge is 2.23. The first-order chi connectivity index (χ1) is 22.8. The summed E-state index contributed by atoms with van der Waals surface area (Å²) in [6, 6.07) is 55.9. The van der Waals surface area contributed by atoms with E-state index in [0.29, 0.717) is 0 Å². The van der Waals surface area contributed by atoms with E-state index in [2.05, 4.69) is 140 Å². The van der Waals surface area contributed by atoms with Gasteiger partial charge in [-0.15, -0.1) is 0 Å². The van der Waals surface area contributed by atoms with Gasteiger partial charge in [-0.2, -0.15) is 0 Å². The second-order valence-electron chi connectivity index (χ2n) is 11.9. The van der Waals surface area contributed by atoms with E-state index in [-0.39, 0.29) is 0 Å². The lowest BCUT2D eigenvalue weighted by molar-refractivity contribution is 0.668. The highest BCUT2D eigenvalue weighted by atomic mass is 16.3. The normalized spacial score (nSPS) is 11.9. The van der Waals surface area contributed by atoms with E-state index in [9.17, 15) is 0 Å². The van der Waals surface area contributed by atoms with E-state index in [0.717, 1.165) is 60.6 Å². The Balaban J connectivity index is 1.36. The van der Waals surface area contributed by atoms with E-state index < -0.39 is 0 Å². The van der Waals surface area contributed by atoms with Crippen LogP contribution in [0.1, 0.15) is 0 Å². The summed E-state index contributed by atoms with van der Waals surface area (Å²) < 4.78 is 13.2. The Morgan fingerprint density at radius 1 is 0.283 bits per heavy atom. The van der Waals surface area contributed by atoms with Crippen LogP contribution in [0.25, 0.3) is 98.8 Å². The molecular formula is C44H26O2. The lowest BCUT2D eigenvalue weighted by atomic mass is 9.84. The third kappa shape index (κ3) is 3.53. The maximum Gasteiger partial charge on any atom is 0.143 e. The van der Waals surface area contributed by atoms with Gasteiger partial charge in [-0.3, -0.25) is 0 Å². The molecule has 2 nitrogen and oxygen atoms in total. The molecule has 10 aromatic rings. The number of benzene rings is 8. The maximum absolute atomic E-state index is 6.87. The number of para-hydroxylation sites is 2. The van der Waals surface area contributed by atoms with Crippen LogP contribution in [0.2, 0.25) is 0 Å². The standard InChI is InChI=1S/C44H26O2/c1-2-13-27(14-3-1)40-28-15-4-6-17-30(28)41(31-18-7-5-16-29(31)40)36-26-25-33(43-35-20-9-11-23-38(35)46-44(36)43)32-21-12-24-39-42(32)34-19-8-10-22-37(34)45-39/h1-26H. The molecule has 0 fully saturated rings. The van der Waals surface area contributed by atoms with Gasteiger partial charge in [0.05, 0.1) is 0 Å². The molecule has 2 heterocycles. The SMILES string of the molecule is c1ccc(-c2c3ccccc3c(-c3ccc(-c4cccc5oc6ccccc6c45)c4c3oc3ccccc34)c3ccccc23)cc1. The molecule has 0 spiro atoms. The van der Waals surface area contributed by atoms with Crippen LogP contribution in [0, 0.1) is 0 Å². The van der Waals surface area contributed by atoms with Gasteiger partial charge in [0, 0.05) is 32.7 Å². The highest BCUT2D eigenvalue weighted by molar-refractivity contribution is 6.26. The molecule has 0 N–H and O–H groups in total. The molecule has 0 saturated heterocycles. The maximum atomic E-state index is 6.87. The van der Waals surface area contributed by atoms with Crippen LogP contribution < -0.4 is 0 Å². The average molecular weight is 587 g/mol. The molecule has 0 aliphatic heterocycles. The number of hydrogen-bond acceptors (Lipinski definition) is 2. The van der Waals surface area contributed by atoms with Crippen molar-refractivity contribution in [3.8, 4) is 33.4 Å². The third-order valence-corrected chi connectivity index (χ3v) is 9.48. The highest BCUT2D eigenvalue weighted by Crippen LogP contribution is 2.49. The van der Waals surface area contributed by atoms with Crippen molar-refractivity contribution in [3.05, 3.63) is 158 Å². The number of furan rings is 2. The molecule has 0 bridgehead atoms. The summed E-state index contributed by atoms with van der Waals surface area (Å²) in [4.78, 5) is 0. The predicted molar refractivity (Wildman–Crippen MR) is 192 cm³/mol. The average Bonchev–Trinajstić information content (AvgIpc) is 3.70. The van der Waals surface area contributed by atoms with Crippen LogP contribution >= 0.6 is 0 Å². The van der Waals surface area contributed by atoms with Crippen molar-refractivity contribution in [2.75, 3.05) is 0 Å². The Bertz CT molecular complexity index is 2740. The quantitative estimate of drug-likeness (QED) is 0.193. The molecule has 10 rings (SSSR count). The predicted octanol–water partition coefficient (Wildman–Crippen LogP) is 12.8. The van der Waals surface area contributed by atoms with Gasteiger partial charge in [0.25, 0.3) is 0 Å². The summed E-state index contributed by atoms with van der Waals surface area (Å²) in [5, 5.41) is 9.33. The number of rotatable bonds is 3. The van der Waals surface area contributed by atoms with Crippen LogP contribution in [-0.2, 0) is 0 Å². The van der Waals surface area contributed by atoms with Crippen molar-refractivity contribution in [2.45, 2.75) is 0 Å². The van der Waals surface area contributed by atoms with Crippen LogP contribution in [0.3, 0.4) is 0 Å². The summed E-state index contributed by atoms with van der Waals surface area (Å²) in [6.07, 6.45) is 0. The molecule has 214 valence electrons. The Hall–Kier alpha value is -6.12. The van der Waals surface area contributed by atoms with Gasteiger partial charge in [-0.05, 0) is 68.1 Å². The van der Waals surface area contributed by atoms with Crippen molar-refractivity contribution in [1.29, 1.82) is 0 Å². The Labute approximate surface area is 264 Å². The van der Waals surface area contributed by atoms with Crippen molar-refractivity contribution < 1.29 is 8.83 Å². The van der Waals surface area contributed by atoms with E-state index >= 15 is 0 Å². The Morgan fingerprint density at radius 3 is 1.43 bits per heavy atom. The molecule has 0 unspecified atom stereocenters. The molecule has 0 amide bonds. The first-order valence-corrected chi connectivity index (χ1v) is 15.7. The molecular weight excluding hydrogens is 560 g/mol. The molecule has 0 radical (unpaired) electrons. The van der Waals surface area contributed by atoms with Crippen LogP contribution in [0.5, 0.6) is 0 Å². The molecule has 0 aliphatic carbocycles. The molecule has 46 heavy (non-hydrogen) atoms. The topological polar surface area (TPSA) is 26.3 Å². The fourth-order valence-electron chi connectivity index (χ4n) is 7.58. The summed E-state index contributed by atoms with van der Waals surface area (Å²) in [7, 11) is 0. The smallest absolute Gasteiger partial charge is 0.143 e. The fourth-order valence-corrected chi connectivity index (χ4v) is 7.58. The van der Waals surface area contributed by atoms with Gasteiger partial charge in [0.1, 0.15) is 22.3 Å². The van der Waals surface area contributed by atoms with E-state index in [1.807, 2.05) is 18.2 Å². The van der Waals surface area contributed by atoms with Gasteiger partial charge in [0.15, 0.2) is 0 Å². The molecule has 0 aliphatic rings. The third-order valence-electron chi connectivity index (χ3n) is 9.48. The lowest BCUT2D eigenvalue weighted by Gasteiger charge is -2.18. The van der Waals surface area contributed by atoms with Crippen molar-refractivity contribution >= 4 is 65.4 Å². The zero-order valence-electron chi connectivity index (χ0n) is 24.8. The molecule has 0 saturated carbocycles. The summed E-state index contributed by atoms with van der Waals surface area (Å²) in [6.45, 7) is 0. The first-order valence-electron chi connectivity index (χ1n) is 15.7. The minimum atomic E-state index is 0.880. The number of fused-ring (bicyclic) bond motifs is 8. The first kappa shape index (κ1) is 25.2. The molecule has 2 aromatic heterocycles. The fraction of sp³-hybridized carbons (Fsp3) is 0. The zero-order chi connectivity index (χ0) is 30.2. The summed E-state index contributed by atoms with van der Waals surface area (Å²) >= 11 is 0. The van der Waals surface area contributed by atoms with Crippen LogP contribution in [0.15, 0.2) is 167 Å². The Kier molecular flexibility index (Phi) is 5.31. The largest absolute Gasteiger partial charge is 0.456 e. The minimum Gasteiger partial charge on any atom is -0.456 e. The van der Waals surface area contributed by atoms with Gasteiger partial charge in [0.2, 0.25) is 0 Å². The lowest BCUT2D eigenvalue weighted by Crippen LogP contribution is -1.91. The van der Waals surface area contributed by atoms with Crippen molar-refractivity contribution in [2.24, 2.45) is 0 Å². The van der Waals surface area contributed by atoms with E-state index in [4.69, 9.17) is 8.83 Å². The van der Waals surface area contributed by atoms with Crippen molar-refractivity contribution in [3.63, 3.8) is 0 Å². The second kappa shape index (κ2) is 9.69. The van der Waals surface area contributed by atoms with Gasteiger partial charge in [-0.1, -0.05) is 133 Å². The Morgan fingerprint density at radius 2 is 0.761 bits per heavy atom. The van der Waals surface area contributed by atoms with Gasteiger partial charge < -0.3 is 8.83 Å². The van der Waals surface area contributed by atoms with Crippen molar-refractivity contribution in [1.82, 2.24) is 0 Å². The van der Waals surface area contributed by atoms with Gasteiger partial charge >= 0.3 is 0 Å². The zero-order valence-corrected chi connectivity index (χ0v) is 24.8. The summed E-state index contributed by atoms with van der Waals surface area (Å²) in [5.41, 5.74) is 10.6. The second-order valence-corrected chi connectivity index (χ2v) is 11.9. The summed E-state index contributed by atoms with van der Waals surface area (Å²) in [5.74, 6) is 0. The number of hydrogen-bond donors (Lipinski definition) is 0. The minimum absolute atomic E-state index is 0.880. The van der Waals surface area contributed by atoms with Gasteiger partial charge in [-0.25, -0.2) is 0 Å². The van der Waals surface area contributed by atoms with E-state index in [1.54, 1.807) is 0 Å². The molecule has 8 aromatic carbocycles. The van der Waals surface area contributed by atoms with Crippen LogP contribution in [-0.4, -0.2) is 0 Å². The molecule has 2 heteroatoms. The monoisotopic (exact) mass is 586 g/mol. The molecule has 0 atom stereocenters. The van der Waals surface area contributed by atoms with E-state index in [1.165, 1.54) is 38.2 Å².